The molecule has 2 aliphatic rings. The number of hydrogen-bond acceptors (Lipinski definition) is 4. The van der Waals surface area contributed by atoms with E-state index in [1.165, 1.54) is 19.3 Å². The molecule has 23 heavy (non-hydrogen) atoms. The van der Waals surface area contributed by atoms with Crippen molar-refractivity contribution in [2.75, 3.05) is 13.1 Å². The normalized spacial score (nSPS) is 23.3. The summed E-state index contributed by atoms with van der Waals surface area (Å²) in [5.74, 6) is 1.37. The Morgan fingerprint density at radius 1 is 1.22 bits per heavy atom. The molecule has 2 N–H and O–H groups in total. The summed E-state index contributed by atoms with van der Waals surface area (Å²) >= 11 is 0. The van der Waals surface area contributed by atoms with Crippen molar-refractivity contribution in [3.05, 3.63) is 36.0 Å². The van der Waals surface area contributed by atoms with Gasteiger partial charge in [-0.1, -0.05) is 24.6 Å². The minimum Gasteiger partial charge on any atom is -0.423 e. The first kappa shape index (κ1) is 14.7. The number of amides is 1. The van der Waals surface area contributed by atoms with Gasteiger partial charge in [-0.15, -0.1) is 0 Å². The fraction of sp³-hybridized carbons (Fsp3) is 0.412. The Hall–Kier alpha value is -1.92. The third kappa shape index (κ3) is 2.52. The van der Waals surface area contributed by atoms with Gasteiger partial charge in [-0.25, -0.2) is 0 Å². The van der Waals surface area contributed by atoms with Gasteiger partial charge >= 0.3 is 7.12 Å². The first-order chi connectivity index (χ1) is 11.1. The zero-order chi connectivity index (χ0) is 16.0. The molecule has 118 valence electrons. The van der Waals surface area contributed by atoms with Crippen LogP contribution in [-0.4, -0.2) is 46.0 Å². The van der Waals surface area contributed by atoms with Gasteiger partial charge < -0.3 is 14.9 Å². The van der Waals surface area contributed by atoms with Gasteiger partial charge in [0.05, 0.1) is 11.1 Å². The maximum atomic E-state index is 12.7. The van der Waals surface area contributed by atoms with E-state index in [4.69, 9.17) is 0 Å². The Morgan fingerprint density at radius 2 is 1.96 bits per heavy atom. The minimum atomic E-state index is -1.56. The van der Waals surface area contributed by atoms with Gasteiger partial charge in [-0.3, -0.25) is 9.78 Å². The predicted octanol–water partition coefficient (Wildman–Crippen LogP) is 0.787. The van der Waals surface area contributed by atoms with E-state index in [-0.39, 0.29) is 5.91 Å². The van der Waals surface area contributed by atoms with Gasteiger partial charge in [-0.05, 0) is 30.7 Å². The maximum Gasteiger partial charge on any atom is 0.490 e. The Bertz CT molecular complexity index is 753. The highest BCUT2D eigenvalue weighted by Crippen LogP contribution is 2.38. The van der Waals surface area contributed by atoms with Crippen LogP contribution in [0, 0.1) is 11.8 Å². The Balaban J connectivity index is 1.63. The van der Waals surface area contributed by atoms with Crippen molar-refractivity contribution in [2.24, 2.45) is 11.8 Å². The summed E-state index contributed by atoms with van der Waals surface area (Å²) < 4.78 is 0. The molecule has 5 nitrogen and oxygen atoms in total. The number of carbonyl (C=O) groups excluding carboxylic acids is 1. The minimum absolute atomic E-state index is 0.0313. The molecule has 1 aliphatic carbocycles. The molecule has 1 aliphatic heterocycles. The highest BCUT2D eigenvalue weighted by molar-refractivity contribution is 6.61. The highest BCUT2D eigenvalue weighted by atomic mass is 16.4. The maximum absolute atomic E-state index is 12.7. The van der Waals surface area contributed by atoms with Crippen LogP contribution in [0.3, 0.4) is 0 Å². The standard InChI is InChI=1S/C17H19BN2O3/c21-17(20-9-12-4-1-5-13(12)10-20)14-7-11-3-2-6-15(18(22)23)16(11)19-8-14/h2-3,6-8,12-13,22-23H,1,4-5,9-10H2/t12-,13+. The molecule has 2 atom stereocenters. The molecule has 0 bridgehead atoms. The molecule has 0 spiro atoms. The lowest BCUT2D eigenvalue weighted by molar-refractivity contribution is 0.0780. The van der Waals surface area contributed by atoms with Crippen molar-refractivity contribution in [1.82, 2.24) is 9.88 Å². The zero-order valence-corrected chi connectivity index (χ0v) is 12.9. The van der Waals surface area contributed by atoms with Gasteiger partial charge in [0, 0.05) is 30.1 Å². The van der Waals surface area contributed by atoms with Crippen molar-refractivity contribution in [3.8, 4) is 0 Å². The lowest BCUT2D eigenvalue weighted by atomic mass is 9.79. The number of aromatic nitrogens is 1. The topological polar surface area (TPSA) is 73.7 Å². The van der Waals surface area contributed by atoms with Crippen LogP contribution in [0.2, 0.25) is 0 Å². The molecule has 2 fully saturated rings. The van der Waals surface area contributed by atoms with Gasteiger partial charge in [0.25, 0.3) is 5.91 Å². The Kier molecular flexibility index (Phi) is 3.58. The van der Waals surface area contributed by atoms with E-state index in [1.54, 1.807) is 24.4 Å². The number of pyridine rings is 1. The number of hydrogen-bond donors (Lipinski definition) is 2. The number of fused-ring (bicyclic) bond motifs is 2. The molecule has 1 amide bonds. The van der Waals surface area contributed by atoms with Gasteiger partial charge in [0.2, 0.25) is 0 Å². The third-order valence-corrected chi connectivity index (χ3v) is 5.28. The summed E-state index contributed by atoms with van der Waals surface area (Å²) in [6, 6.07) is 7.00. The molecule has 1 saturated carbocycles. The number of para-hydroxylation sites is 1. The van der Waals surface area contributed by atoms with Crippen LogP contribution < -0.4 is 5.46 Å². The molecule has 1 saturated heterocycles. The Morgan fingerprint density at radius 3 is 2.65 bits per heavy atom. The molecule has 2 aromatic rings. The molecule has 0 unspecified atom stereocenters. The lowest BCUT2D eigenvalue weighted by Crippen LogP contribution is -2.31. The van der Waals surface area contributed by atoms with Crippen LogP contribution in [0.15, 0.2) is 30.5 Å². The zero-order valence-electron chi connectivity index (χ0n) is 12.9. The highest BCUT2D eigenvalue weighted by Gasteiger charge is 2.38. The molecule has 4 rings (SSSR count). The largest absolute Gasteiger partial charge is 0.490 e. The first-order valence-corrected chi connectivity index (χ1v) is 8.17. The first-order valence-electron chi connectivity index (χ1n) is 8.17. The fourth-order valence-electron chi connectivity index (χ4n) is 4.09. The van der Waals surface area contributed by atoms with Crippen LogP contribution in [0.4, 0.5) is 0 Å². The van der Waals surface area contributed by atoms with Gasteiger partial charge in [0.15, 0.2) is 0 Å². The van der Waals surface area contributed by atoms with Crippen molar-refractivity contribution in [3.63, 3.8) is 0 Å². The summed E-state index contributed by atoms with van der Waals surface area (Å²) in [4.78, 5) is 19.0. The smallest absolute Gasteiger partial charge is 0.423 e. The molecular formula is C17H19BN2O3. The monoisotopic (exact) mass is 310 g/mol. The average molecular weight is 310 g/mol. The van der Waals surface area contributed by atoms with E-state index in [0.29, 0.717) is 28.4 Å². The second-order valence-corrected chi connectivity index (χ2v) is 6.68. The van der Waals surface area contributed by atoms with Gasteiger partial charge in [-0.2, -0.15) is 0 Å². The van der Waals surface area contributed by atoms with Crippen LogP contribution >= 0.6 is 0 Å². The lowest BCUT2D eigenvalue weighted by Gasteiger charge is -2.17. The quantitative estimate of drug-likeness (QED) is 0.804. The van der Waals surface area contributed by atoms with E-state index in [2.05, 4.69) is 4.98 Å². The summed E-state index contributed by atoms with van der Waals surface area (Å²) in [6.45, 7) is 1.72. The van der Waals surface area contributed by atoms with Crippen LogP contribution in [0.5, 0.6) is 0 Å². The van der Waals surface area contributed by atoms with E-state index >= 15 is 0 Å². The second-order valence-electron chi connectivity index (χ2n) is 6.68. The van der Waals surface area contributed by atoms with Crippen molar-refractivity contribution in [1.29, 1.82) is 0 Å². The SMILES string of the molecule is O=C(c1cnc2c(B(O)O)cccc2c1)N1C[C@H]2CCC[C@H]2C1. The summed E-state index contributed by atoms with van der Waals surface area (Å²) in [5, 5.41) is 19.6. The van der Waals surface area contributed by atoms with Crippen LogP contribution in [0.1, 0.15) is 29.6 Å². The fourth-order valence-corrected chi connectivity index (χ4v) is 4.09. The van der Waals surface area contributed by atoms with E-state index in [1.807, 2.05) is 11.0 Å². The second kappa shape index (κ2) is 5.62. The van der Waals surface area contributed by atoms with Crippen LogP contribution in [-0.2, 0) is 0 Å². The summed E-state index contributed by atoms with van der Waals surface area (Å²) in [5.41, 5.74) is 1.46. The van der Waals surface area contributed by atoms with Crippen LogP contribution in [0.25, 0.3) is 10.9 Å². The summed E-state index contributed by atoms with van der Waals surface area (Å²) in [7, 11) is -1.56. The Labute approximate surface area is 135 Å². The average Bonchev–Trinajstić information content (AvgIpc) is 3.14. The van der Waals surface area contributed by atoms with E-state index < -0.39 is 7.12 Å². The molecule has 0 radical (unpaired) electrons. The number of rotatable bonds is 2. The molecule has 1 aromatic carbocycles. The third-order valence-electron chi connectivity index (χ3n) is 5.28. The van der Waals surface area contributed by atoms with E-state index in [9.17, 15) is 14.8 Å². The number of carbonyl (C=O) groups is 1. The summed E-state index contributed by atoms with van der Waals surface area (Å²) in [6.07, 6.45) is 5.32. The molecule has 1 aromatic heterocycles. The predicted molar refractivity (Wildman–Crippen MR) is 88.3 cm³/mol. The molecule has 2 heterocycles. The van der Waals surface area contributed by atoms with Crippen molar-refractivity contribution < 1.29 is 14.8 Å². The molecular weight excluding hydrogens is 291 g/mol. The molecule has 6 heteroatoms. The van der Waals surface area contributed by atoms with E-state index in [0.717, 1.165) is 18.5 Å². The number of likely N-dealkylation sites (tertiary alicyclic amines) is 1. The van der Waals surface area contributed by atoms with Gasteiger partial charge in [0.1, 0.15) is 0 Å². The number of benzene rings is 1. The van der Waals surface area contributed by atoms with Crippen molar-refractivity contribution >= 4 is 29.4 Å². The van der Waals surface area contributed by atoms with Crippen molar-refractivity contribution in [2.45, 2.75) is 19.3 Å². The number of nitrogens with zero attached hydrogens (tertiary/aromatic N) is 2.